The molecule has 3 heteroatoms. The Bertz CT molecular complexity index is 394. The summed E-state index contributed by atoms with van der Waals surface area (Å²) in [7, 11) is 0. The van der Waals surface area contributed by atoms with Gasteiger partial charge in [-0.25, -0.2) is 0 Å². The molecular formula is C16H25NS2. The highest BCUT2D eigenvalue weighted by molar-refractivity contribution is 8.07. The highest BCUT2D eigenvalue weighted by Crippen LogP contribution is 2.40. The number of rotatable bonds is 5. The van der Waals surface area contributed by atoms with Gasteiger partial charge in [-0.3, -0.25) is 0 Å². The molecule has 19 heavy (non-hydrogen) atoms. The molecule has 1 N–H and O–H groups in total. The van der Waals surface area contributed by atoms with E-state index in [1.165, 1.54) is 29.1 Å². The molecule has 2 rings (SSSR count). The lowest BCUT2D eigenvalue weighted by atomic mass is 9.96. The summed E-state index contributed by atoms with van der Waals surface area (Å²) in [6.07, 6.45) is 1.27. The van der Waals surface area contributed by atoms with Crippen LogP contribution in [0.15, 0.2) is 24.3 Å². The Morgan fingerprint density at radius 2 is 1.95 bits per heavy atom. The topological polar surface area (TPSA) is 12.0 Å². The lowest BCUT2D eigenvalue weighted by Crippen LogP contribution is -2.39. The molecule has 3 atom stereocenters. The van der Waals surface area contributed by atoms with Crippen molar-refractivity contribution in [1.29, 1.82) is 0 Å². The molecule has 0 aliphatic carbocycles. The average molecular weight is 296 g/mol. The summed E-state index contributed by atoms with van der Waals surface area (Å²) in [5.41, 5.74) is 2.90. The molecule has 0 radical (unpaired) electrons. The van der Waals surface area contributed by atoms with Crippen molar-refractivity contribution < 1.29 is 0 Å². The fraction of sp³-hybridized carbons (Fsp3) is 0.625. The molecule has 3 unspecified atom stereocenters. The van der Waals surface area contributed by atoms with Crippen molar-refractivity contribution in [3.8, 4) is 0 Å². The van der Waals surface area contributed by atoms with Crippen LogP contribution in [0, 0.1) is 6.92 Å². The predicted molar refractivity (Wildman–Crippen MR) is 90.4 cm³/mol. The van der Waals surface area contributed by atoms with E-state index in [4.69, 9.17) is 0 Å². The van der Waals surface area contributed by atoms with Gasteiger partial charge in [0.05, 0.1) is 0 Å². The molecule has 1 nitrogen and oxygen atoms in total. The van der Waals surface area contributed by atoms with Crippen molar-refractivity contribution in [2.24, 2.45) is 0 Å². The summed E-state index contributed by atoms with van der Waals surface area (Å²) in [5.74, 6) is 2.60. The minimum absolute atomic E-state index is 0.494. The highest BCUT2D eigenvalue weighted by atomic mass is 32.2. The highest BCUT2D eigenvalue weighted by Gasteiger charge is 2.32. The van der Waals surface area contributed by atoms with Crippen molar-refractivity contribution in [1.82, 2.24) is 5.32 Å². The van der Waals surface area contributed by atoms with E-state index in [1.807, 2.05) is 0 Å². The van der Waals surface area contributed by atoms with Gasteiger partial charge in [-0.05, 0) is 31.0 Å². The third kappa shape index (κ3) is 3.71. The Morgan fingerprint density at radius 1 is 1.21 bits per heavy atom. The molecule has 106 valence electrons. The largest absolute Gasteiger partial charge is 0.309 e. The second-order valence-electron chi connectivity index (χ2n) is 5.04. The first kappa shape index (κ1) is 15.3. The van der Waals surface area contributed by atoms with E-state index in [-0.39, 0.29) is 0 Å². The van der Waals surface area contributed by atoms with Gasteiger partial charge in [0.2, 0.25) is 0 Å². The molecule has 1 aliphatic rings. The van der Waals surface area contributed by atoms with E-state index in [9.17, 15) is 0 Å². The van der Waals surface area contributed by atoms with Gasteiger partial charge in [0, 0.05) is 28.0 Å². The standard InChI is InChI=1S/C16H25NS2/c1-4-14-16(19-11-10-18-14)15(17-5-2)13-9-7-6-8-12(13)3/h6-9,14-17H,4-5,10-11H2,1-3H3. The molecule has 0 bridgehead atoms. The maximum Gasteiger partial charge on any atom is 0.0453 e. The van der Waals surface area contributed by atoms with Gasteiger partial charge in [-0.1, -0.05) is 38.1 Å². The van der Waals surface area contributed by atoms with Gasteiger partial charge in [0.25, 0.3) is 0 Å². The average Bonchev–Trinajstić information content (AvgIpc) is 2.46. The van der Waals surface area contributed by atoms with Gasteiger partial charge in [-0.2, -0.15) is 23.5 Å². The van der Waals surface area contributed by atoms with Crippen LogP contribution >= 0.6 is 23.5 Å². The van der Waals surface area contributed by atoms with Gasteiger partial charge in [-0.15, -0.1) is 0 Å². The first-order valence-electron chi connectivity index (χ1n) is 7.30. The zero-order valence-electron chi connectivity index (χ0n) is 12.2. The minimum Gasteiger partial charge on any atom is -0.309 e. The summed E-state index contributed by atoms with van der Waals surface area (Å²) < 4.78 is 0. The van der Waals surface area contributed by atoms with Crippen LogP contribution in [-0.4, -0.2) is 28.6 Å². The number of nitrogens with one attached hydrogen (secondary N) is 1. The SMILES string of the molecule is CCNC(c1ccccc1C)C1SCCSC1CC. The van der Waals surface area contributed by atoms with Crippen molar-refractivity contribution in [2.45, 2.75) is 43.7 Å². The lowest BCUT2D eigenvalue weighted by Gasteiger charge is -2.37. The summed E-state index contributed by atoms with van der Waals surface area (Å²) in [6.45, 7) is 7.82. The minimum atomic E-state index is 0.494. The van der Waals surface area contributed by atoms with Crippen LogP contribution in [-0.2, 0) is 0 Å². The number of benzene rings is 1. The number of aryl methyl sites for hydroxylation is 1. The molecule has 1 saturated heterocycles. The Kier molecular flexibility index (Phi) is 6.11. The van der Waals surface area contributed by atoms with Crippen LogP contribution in [0.2, 0.25) is 0 Å². The molecule has 0 spiro atoms. The zero-order valence-corrected chi connectivity index (χ0v) is 13.8. The Balaban J connectivity index is 2.26. The number of thioether (sulfide) groups is 2. The maximum absolute atomic E-state index is 3.74. The van der Waals surface area contributed by atoms with Crippen molar-refractivity contribution in [2.75, 3.05) is 18.1 Å². The molecule has 1 heterocycles. The summed E-state index contributed by atoms with van der Waals surface area (Å²) in [4.78, 5) is 0. The smallest absolute Gasteiger partial charge is 0.0453 e. The Labute approximate surface area is 126 Å². The Morgan fingerprint density at radius 3 is 2.63 bits per heavy atom. The lowest BCUT2D eigenvalue weighted by molar-refractivity contribution is 0.511. The van der Waals surface area contributed by atoms with Crippen molar-refractivity contribution >= 4 is 23.5 Å². The van der Waals surface area contributed by atoms with Crippen LogP contribution in [0.4, 0.5) is 0 Å². The first-order valence-corrected chi connectivity index (χ1v) is 9.39. The van der Waals surface area contributed by atoms with Crippen LogP contribution in [0.1, 0.15) is 37.4 Å². The summed E-state index contributed by atoms with van der Waals surface area (Å²) >= 11 is 4.33. The van der Waals surface area contributed by atoms with E-state index in [0.717, 1.165) is 11.8 Å². The fourth-order valence-electron chi connectivity index (χ4n) is 2.81. The third-order valence-electron chi connectivity index (χ3n) is 3.77. The van der Waals surface area contributed by atoms with Crippen LogP contribution in [0.25, 0.3) is 0 Å². The van der Waals surface area contributed by atoms with Crippen LogP contribution in [0.3, 0.4) is 0 Å². The van der Waals surface area contributed by atoms with Gasteiger partial charge in [0.15, 0.2) is 0 Å². The quantitative estimate of drug-likeness (QED) is 0.871. The van der Waals surface area contributed by atoms with Gasteiger partial charge >= 0.3 is 0 Å². The van der Waals surface area contributed by atoms with Gasteiger partial charge < -0.3 is 5.32 Å². The predicted octanol–water partition coefficient (Wildman–Crippen LogP) is 4.27. The molecule has 0 saturated carbocycles. The van der Waals surface area contributed by atoms with E-state index in [2.05, 4.69) is 73.9 Å². The number of hydrogen-bond acceptors (Lipinski definition) is 3. The molecule has 1 aromatic rings. The second kappa shape index (κ2) is 7.61. The molecule has 1 fully saturated rings. The Hall–Kier alpha value is -0.120. The molecule has 1 aliphatic heterocycles. The van der Waals surface area contributed by atoms with Crippen LogP contribution < -0.4 is 5.32 Å². The van der Waals surface area contributed by atoms with Crippen molar-refractivity contribution in [3.05, 3.63) is 35.4 Å². The molecule has 0 aromatic heterocycles. The van der Waals surface area contributed by atoms with E-state index in [1.54, 1.807) is 0 Å². The molecular weight excluding hydrogens is 270 g/mol. The zero-order chi connectivity index (χ0) is 13.7. The third-order valence-corrected chi connectivity index (χ3v) is 7.12. The van der Waals surface area contributed by atoms with E-state index < -0.39 is 0 Å². The first-order chi connectivity index (χ1) is 9.27. The second-order valence-corrected chi connectivity index (χ2v) is 7.68. The number of hydrogen-bond donors (Lipinski definition) is 1. The van der Waals surface area contributed by atoms with Gasteiger partial charge in [0.1, 0.15) is 0 Å². The van der Waals surface area contributed by atoms with Crippen LogP contribution in [0.5, 0.6) is 0 Å². The fourth-order valence-corrected chi connectivity index (χ4v) is 6.05. The van der Waals surface area contributed by atoms with E-state index >= 15 is 0 Å². The normalized spacial score (nSPS) is 25.2. The van der Waals surface area contributed by atoms with E-state index in [0.29, 0.717) is 11.3 Å². The maximum atomic E-state index is 3.74. The summed E-state index contributed by atoms with van der Waals surface area (Å²) in [5, 5.41) is 5.22. The van der Waals surface area contributed by atoms with Crippen molar-refractivity contribution in [3.63, 3.8) is 0 Å². The monoisotopic (exact) mass is 295 g/mol. The summed E-state index contributed by atoms with van der Waals surface area (Å²) in [6, 6.07) is 9.35. The molecule has 0 amide bonds. The molecule has 1 aromatic carbocycles.